The lowest BCUT2D eigenvalue weighted by Crippen LogP contribution is -2.51. The first-order chi connectivity index (χ1) is 10.6. The number of hydrogen-bond acceptors (Lipinski definition) is 4. The van der Waals surface area contributed by atoms with Gasteiger partial charge >= 0.3 is 0 Å². The van der Waals surface area contributed by atoms with E-state index in [1.807, 2.05) is 24.0 Å². The zero-order chi connectivity index (χ0) is 15.5. The third-order valence-corrected chi connectivity index (χ3v) is 4.59. The van der Waals surface area contributed by atoms with Crippen molar-refractivity contribution in [3.8, 4) is 0 Å². The third-order valence-electron chi connectivity index (χ3n) is 4.37. The second-order valence-corrected chi connectivity index (χ2v) is 6.52. The van der Waals surface area contributed by atoms with Gasteiger partial charge in [-0.3, -0.25) is 14.7 Å². The van der Waals surface area contributed by atoms with Crippen LogP contribution < -0.4 is 0 Å². The molecule has 6 heteroatoms. The fourth-order valence-corrected chi connectivity index (χ4v) is 3.16. The van der Waals surface area contributed by atoms with Crippen LogP contribution >= 0.6 is 11.6 Å². The molecule has 120 valence electrons. The summed E-state index contributed by atoms with van der Waals surface area (Å²) in [5.74, 6) is 0.161. The van der Waals surface area contributed by atoms with Crippen LogP contribution in [0.15, 0.2) is 18.3 Å². The number of piperazine rings is 1. The quantitative estimate of drug-likeness (QED) is 0.853. The molecular weight excluding hydrogens is 302 g/mol. The van der Waals surface area contributed by atoms with Crippen molar-refractivity contribution in [2.45, 2.75) is 38.5 Å². The number of hydrogen-bond donors (Lipinski definition) is 0. The van der Waals surface area contributed by atoms with E-state index in [1.165, 1.54) is 0 Å². The Hall–Kier alpha value is -1.17. The van der Waals surface area contributed by atoms with Crippen LogP contribution in [0.5, 0.6) is 0 Å². The second kappa shape index (κ2) is 6.94. The van der Waals surface area contributed by atoms with Crippen molar-refractivity contribution in [1.82, 2.24) is 14.8 Å². The molecule has 1 aromatic rings. The molecule has 0 unspecified atom stereocenters. The van der Waals surface area contributed by atoms with Crippen LogP contribution in [0, 0.1) is 0 Å². The summed E-state index contributed by atoms with van der Waals surface area (Å²) in [5.41, 5.74) is 1.01. The molecular formula is C16H22ClN3O2. The van der Waals surface area contributed by atoms with Crippen LogP contribution in [0.1, 0.15) is 25.5 Å². The van der Waals surface area contributed by atoms with Crippen molar-refractivity contribution < 1.29 is 9.53 Å². The Labute approximate surface area is 136 Å². The summed E-state index contributed by atoms with van der Waals surface area (Å²) in [4.78, 5) is 21.0. The average molecular weight is 324 g/mol. The summed E-state index contributed by atoms with van der Waals surface area (Å²) in [7, 11) is 0. The van der Waals surface area contributed by atoms with E-state index < -0.39 is 0 Å². The van der Waals surface area contributed by atoms with Gasteiger partial charge in [0.1, 0.15) is 6.10 Å². The van der Waals surface area contributed by atoms with Crippen molar-refractivity contribution in [2.24, 2.45) is 0 Å². The molecule has 0 N–H and O–H groups in total. The van der Waals surface area contributed by atoms with Gasteiger partial charge in [0.25, 0.3) is 5.91 Å². The number of aromatic nitrogens is 1. The summed E-state index contributed by atoms with van der Waals surface area (Å²) in [5, 5.41) is 0.657. The van der Waals surface area contributed by atoms with Crippen LogP contribution in [0.25, 0.3) is 0 Å². The summed E-state index contributed by atoms with van der Waals surface area (Å²) in [6.45, 7) is 6.11. The smallest absolute Gasteiger partial charge is 0.251 e. The number of rotatable bonds is 3. The largest absolute Gasteiger partial charge is 0.365 e. The number of carbonyl (C=O) groups excluding carboxylic acids is 1. The number of amides is 1. The predicted molar refractivity (Wildman–Crippen MR) is 84.7 cm³/mol. The molecule has 2 saturated heterocycles. The summed E-state index contributed by atoms with van der Waals surface area (Å²) < 4.78 is 5.68. The summed E-state index contributed by atoms with van der Waals surface area (Å²) >= 11 is 5.85. The Morgan fingerprint density at radius 2 is 2.09 bits per heavy atom. The van der Waals surface area contributed by atoms with Crippen LogP contribution in [0.4, 0.5) is 0 Å². The SMILES string of the molecule is C[C@@H]1CC[C@H](C(=O)N2CCN(Cc3ccc(Cl)cn3)CC2)O1. The van der Waals surface area contributed by atoms with Gasteiger partial charge in [-0.05, 0) is 31.9 Å². The summed E-state index contributed by atoms with van der Waals surface area (Å²) in [6.07, 6.45) is 3.51. The first-order valence-corrected chi connectivity index (χ1v) is 8.26. The molecule has 2 aliphatic rings. The van der Waals surface area contributed by atoms with E-state index in [1.54, 1.807) is 6.20 Å². The van der Waals surface area contributed by atoms with Crippen molar-refractivity contribution in [3.63, 3.8) is 0 Å². The number of carbonyl (C=O) groups is 1. The van der Waals surface area contributed by atoms with Gasteiger partial charge in [-0.1, -0.05) is 11.6 Å². The van der Waals surface area contributed by atoms with Gasteiger partial charge in [-0.15, -0.1) is 0 Å². The highest BCUT2D eigenvalue weighted by Crippen LogP contribution is 2.21. The minimum atomic E-state index is -0.223. The Kier molecular flexibility index (Phi) is 4.96. The Morgan fingerprint density at radius 3 is 2.68 bits per heavy atom. The molecule has 1 aromatic heterocycles. The van der Waals surface area contributed by atoms with Gasteiger partial charge in [0, 0.05) is 38.9 Å². The average Bonchev–Trinajstić information content (AvgIpc) is 2.96. The Balaban J connectivity index is 1.48. The zero-order valence-electron chi connectivity index (χ0n) is 12.9. The fraction of sp³-hybridized carbons (Fsp3) is 0.625. The molecule has 0 radical (unpaired) electrons. The Bertz CT molecular complexity index is 515. The van der Waals surface area contributed by atoms with E-state index in [2.05, 4.69) is 9.88 Å². The number of ether oxygens (including phenoxy) is 1. The van der Waals surface area contributed by atoms with E-state index >= 15 is 0 Å². The minimum Gasteiger partial charge on any atom is -0.365 e. The lowest BCUT2D eigenvalue weighted by molar-refractivity contribution is -0.144. The molecule has 1 amide bonds. The molecule has 0 spiro atoms. The number of nitrogens with zero attached hydrogens (tertiary/aromatic N) is 3. The molecule has 2 aliphatic heterocycles. The second-order valence-electron chi connectivity index (χ2n) is 6.08. The maximum Gasteiger partial charge on any atom is 0.251 e. The molecule has 0 saturated carbocycles. The van der Waals surface area contributed by atoms with Crippen LogP contribution in [0.2, 0.25) is 5.02 Å². The van der Waals surface area contributed by atoms with Crippen molar-refractivity contribution in [2.75, 3.05) is 26.2 Å². The predicted octanol–water partition coefficient (Wildman–Crippen LogP) is 1.95. The standard InChI is InChI=1S/C16H22ClN3O2/c1-12-2-5-15(22-12)16(21)20-8-6-19(7-9-20)11-14-4-3-13(17)10-18-14/h3-4,10,12,15H,2,5-9,11H2,1H3/t12-,15-/m1/s1. The van der Waals surface area contributed by atoms with Gasteiger partial charge in [0.05, 0.1) is 16.8 Å². The highest BCUT2D eigenvalue weighted by molar-refractivity contribution is 6.30. The molecule has 2 atom stereocenters. The lowest BCUT2D eigenvalue weighted by atomic mass is 10.1. The maximum absolute atomic E-state index is 12.4. The van der Waals surface area contributed by atoms with Crippen LogP contribution in [-0.2, 0) is 16.1 Å². The van der Waals surface area contributed by atoms with Crippen LogP contribution in [-0.4, -0.2) is 59.1 Å². The van der Waals surface area contributed by atoms with Crippen molar-refractivity contribution in [3.05, 3.63) is 29.0 Å². The maximum atomic E-state index is 12.4. The molecule has 3 heterocycles. The van der Waals surface area contributed by atoms with E-state index in [0.29, 0.717) is 5.02 Å². The fourth-order valence-electron chi connectivity index (χ4n) is 3.04. The molecule has 0 aliphatic carbocycles. The van der Waals surface area contributed by atoms with Gasteiger partial charge in [0.2, 0.25) is 0 Å². The van der Waals surface area contributed by atoms with Crippen molar-refractivity contribution in [1.29, 1.82) is 0 Å². The molecule has 5 nitrogen and oxygen atoms in total. The van der Waals surface area contributed by atoms with Gasteiger partial charge < -0.3 is 9.64 Å². The normalized spacial score (nSPS) is 26.4. The third kappa shape index (κ3) is 3.77. The topological polar surface area (TPSA) is 45.7 Å². The molecule has 22 heavy (non-hydrogen) atoms. The van der Waals surface area contributed by atoms with E-state index in [9.17, 15) is 4.79 Å². The molecule has 2 fully saturated rings. The van der Waals surface area contributed by atoms with E-state index in [-0.39, 0.29) is 18.1 Å². The van der Waals surface area contributed by atoms with Gasteiger partial charge in [-0.2, -0.15) is 0 Å². The molecule has 0 bridgehead atoms. The van der Waals surface area contributed by atoms with E-state index in [4.69, 9.17) is 16.3 Å². The van der Waals surface area contributed by atoms with E-state index in [0.717, 1.165) is 51.3 Å². The highest BCUT2D eigenvalue weighted by Gasteiger charge is 2.32. The monoisotopic (exact) mass is 323 g/mol. The van der Waals surface area contributed by atoms with Gasteiger partial charge in [0.15, 0.2) is 0 Å². The van der Waals surface area contributed by atoms with Gasteiger partial charge in [-0.25, -0.2) is 0 Å². The van der Waals surface area contributed by atoms with Crippen molar-refractivity contribution >= 4 is 17.5 Å². The Morgan fingerprint density at radius 1 is 1.32 bits per heavy atom. The first-order valence-electron chi connectivity index (χ1n) is 7.89. The molecule has 0 aromatic carbocycles. The molecule has 3 rings (SSSR count). The lowest BCUT2D eigenvalue weighted by Gasteiger charge is -2.35. The zero-order valence-corrected chi connectivity index (χ0v) is 13.6. The van der Waals surface area contributed by atoms with Crippen LogP contribution in [0.3, 0.4) is 0 Å². The number of pyridine rings is 1. The first kappa shape index (κ1) is 15.7. The minimum absolute atomic E-state index is 0.161. The summed E-state index contributed by atoms with van der Waals surface area (Å²) in [6, 6.07) is 3.82. The highest BCUT2D eigenvalue weighted by atomic mass is 35.5. The number of halogens is 1.